The molecule has 25 heavy (non-hydrogen) atoms. The van der Waals surface area contributed by atoms with Gasteiger partial charge in [0.2, 0.25) is 9.58 Å². The van der Waals surface area contributed by atoms with Crippen molar-refractivity contribution in [1.82, 2.24) is 4.98 Å². The van der Waals surface area contributed by atoms with E-state index < -0.39 is 9.76 Å². The summed E-state index contributed by atoms with van der Waals surface area (Å²) in [6, 6.07) is 6.64. The standard InChI is InChI=1S/C17H15Cl4NO3/c1-3-25-13(23)8-11-9(2)14(22-16(11)17(19,20)21)15(24)10-6-4-5-7-12(10)18/h4-7,22H,3,8H2,1-2H3. The predicted molar refractivity (Wildman–Crippen MR) is 100.0 cm³/mol. The Morgan fingerprint density at radius 2 is 1.84 bits per heavy atom. The summed E-state index contributed by atoms with van der Waals surface area (Å²) >= 11 is 24.1. The minimum atomic E-state index is -1.83. The summed E-state index contributed by atoms with van der Waals surface area (Å²) in [7, 11) is 0. The molecule has 0 spiro atoms. The van der Waals surface area contributed by atoms with Crippen LogP contribution in [-0.4, -0.2) is 23.3 Å². The molecule has 0 atom stereocenters. The van der Waals surface area contributed by atoms with Gasteiger partial charge in [-0.25, -0.2) is 0 Å². The molecule has 0 bridgehead atoms. The molecule has 1 heterocycles. The van der Waals surface area contributed by atoms with Crippen molar-refractivity contribution < 1.29 is 14.3 Å². The molecular weight excluding hydrogens is 408 g/mol. The topological polar surface area (TPSA) is 59.2 Å². The molecule has 1 N–H and O–H groups in total. The van der Waals surface area contributed by atoms with Crippen molar-refractivity contribution in [3.05, 3.63) is 57.4 Å². The molecule has 0 amide bonds. The Balaban J connectivity index is 2.53. The quantitative estimate of drug-likeness (QED) is 0.412. The number of esters is 1. The van der Waals surface area contributed by atoms with Crippen molar-refractivity contribution in [2.75, 3.05) is 6.61 Å². The number of aromatic amines is 1. The molecule has 134 valence electrons. The van der Waals surface area contributed by atoms with Crippen molar-refractivity contribution in [1.29, 1.82) is 0 Å². The average molecular weight is 423 g/mol. The molecule has 0 fully saturated rings. The average Bonchev–Trinajstić information content (AvgIpc) is 2.84. The highest BCUT2D eigenvalue weighted by Gasteiger charge is 2.33. The molecule has 0 unspecified atom stereocenters. The van der Waals surface area contributed by atoms with E-state index >= 15 is 0 Å². The van der Waals surface area contributed by atoms with E-state index in [1.165, 1.54) is 0 Å². The molecule has 0 aliphatic rings. The second-order valence-corrected chi connectivity index (χ2v) is 7.96. The van der Waals surface area contributed by atoms with Crippen LogP contribution in [0.3, 0.4) is 0 Å². The van der Waals surface area contributed by atoms with E-state index in [1.807, 2.05) is 0 Å². The molecule has 0 saturated heterocycles. The molecule has 2 rings (SSSR count). The highest BCUT2D eigenvalue weighted by atomic mass is 35.6. The van der Waals surface area contributed by atoms with Crippen molar-refractivity contribution in [3.63, 3.8) is 0 Å². The fourth-order valence-corrected chi connectivity index (χ4v) is 3.16. The first-order valence-corrected chi connectivity index (χ1v) is 8.91. The molecule has 0 aliphatic heterocycles. The lowest BCUT2D eigenvalue weighted by atomic mass is 10.0. The number of ether oxygens (including phenoxy) is 1. The number of halogens is 4. The zero-order valence-electron chi connectivity index (χ0n) is 13.5. The van der Waals surface area contributed by atoms with Gasteiger partial charge in [-0.2, -0.15) is 0 Å². The van der Waals surface area contributed by atoms with Gasteiger partial charge >= 0.3 is 5.97 Å². The van der Waals surface area contributed by atoms with Gasteiger partial charge in [-0.1, -0.05) is 58.5 Å². The normalized spacial score (nSPS) is 11.4. The maximum Gasteiger partial charge on any atom is 0.310 e. The molecule has 0 saturated carbocycles. The van der Waals surface area contributed by atoms with Crippen LogP contribution in [0.4, 0.5) is 0 Å². The number of H-pyrrole nitrogens is 1. The van der Waals surface area contributed by atoms with Gasteiger partial charge in [0.15, 0.2) is 0 Å². The zero-order chi connectivity index (χ0) is 18.8. The Labute approximate surface area is 165 Å². The van der Waals surface area contributed by atoms with E-state index in [-0.39, 0.29) is 30.2 Å². The molecule has 0 aliphatic carbocycles. The smallest absolute Gasteiger partial charge is 0.310 e. The summed E-state index contributed by atoms with van der Waals surface area (Å²) in [4.78, 5) is 27.6. The summed E-state index contributed by atoms with van der Waals surface area (Å²) in [6.07, 6.45) is -0.116. The Morgan fingerprint density at radius 3 is 2.40 bits per heavy atom. The third kappa shape index (κ3) is 4.50. The molecular formula is C17H15Cl4NO3. The number of carbonyl (C=O) groups excluding carboxylic acids is 2. The van der Waals surface area contributed by atoms with Crippen molar-refractivity contribution >= 4 is 58.2 Å². The highest BCUT2D eigenvalue weighted by molar-refractivity contribution is 6.66. The number of nitrogens with one attached hydrogen (secondary N) is 1. The zero-order valence-corrected chi connectivity index (χ0v) is 16.5. The van der Waals surface area contributed by atoms with E-state index in [1.54, 1.807) is 38.1 Å². The van der Waals surface area contributed by atoms with Gasteiger partial charge in [0.25, 0.3) is 0 Å². The van der Waals surface area contributed by atoms with Gasteiger partial charge in [-0.05, 0) is 37.1 Å². The summed E-state index contributed by atoms with van der Waals surface area (Å²) in [6.45, 7) is 3.61. The second kappa shape index (κ2) is 8.00. The number of aromatic nitrogens is 1. The van der Waals surface area contributed by atoms with Gasteiger partial charge < -0.3 is 9.72 Å². The number of carbonyl (C=O) groups is 2. The summed E-state index contributed by atoms with van der Waals surface area (Å²) in [5, 5.41) is 0.309. The van der Waals surface area contributed by atoms with Crippen LogP contribution in [-0.2, 0) is 19.7 Å². The molecule has 4 nitrogen and oxygen atoms in total. The molecule has 1 aromatic heterocycles. The lowest BCUT2D eigenvalue weighted by molar-refractivity contribution is -0.142. The van der Waals surface area contributed by atoms with Crippen LogP contribution >= 0.6 is 46.4 Å². The molecule has 8 heteroatoms. The largest absolute Gasteiger partial charge is 0.466 e. The van der Waals surface area contributed by atoms with Crippen LogP contribution in [0.1, 0.15) is 39.8 Å². The first-order chi connectivity index (χ1) is 11.7. The van der Waals surface area contributed by atoms with Crippen molar-refractivity contribution in [2.24, 2.45) is 0 Å². The van der Waals surface area contributed by atoms with Gasteiger partial charge in [0.05, 0.1) is 29.4 Å². The monoisotopic (exact) mass is 421 g/mol. The Kier molecular flexibility index (Phi) is 6.44. The molecule has 0 radical (unpaired) electrons. The number of hydrogen-bond donors (Lipinski definition) is 1. The predicted octanol–water partition coefficient (Wildman–Crippen LogP) is 5.14. The lowest BCUT2D eigenvalue weighted by Crippen LogP contribution is -2.12. The van der Waals surface area contributed by atoms with E-state index in [0.29, 0.717) is 21.7 Å². The first kappa shape index (κ1) is 20.1. The van der Waals surface area contributed by atoms with E-state index in [9.17, 15) is 9.59 Å². The summed E-state index contributed by atoms with van der Waals surface area (Å²) in [5.74, 6) is -0.828. The first-order valence-electron chi connectivity index (χ1n) is 7.40. The van der Waals surface area contributed by atoms with Gasteiger partial charge in [-0.15, -0.1) is 0 Å². The number of alkyl halides is 3. The van der Waals surface area contributed by atoms with Crippen LogP contribution in [0.25, 0.3) is 0 Å². The third-order valence-electron chi connectivity index (χ3n) is 3.63. The van der Waals surface area contributed by atoms with E-state index in [2.05, 4.69) is 4.98 Å². The van der Waals surface area contributed by atoms with Crippen LogP contribution in [0, 0.1) is 6.92 Å². The van der Waals surface area contributed by atoms with Crippen LogP contribution in [0.15, 0.2) is 24.3 Å². The second-order valence-electron chi connectivity index (χ2n) is 5.27. The maximum atomic E-state index is 12.8. The van der Waals surface area contributed by atoms with Gasteiger partial charge in [0, 0.05) is 5.56 Å². The van der Waals surface area contributed by atoms with Crippen LogP contribution < -0.4 is 0 Å². The maximum absolute atomic E-state index is 12.8. The van der Waals surface area contributed by atoms with Crippen LogP contribution in [0.2, 0.25) is 5.02 Å². The lowest BCUT2D eigenvalue weighted by Gasteiger charge is -2.12. The molecule has 2 aromatic rings. The minimum absolute atomic E-state index is 0.116. The van der Waals surface area contributed by atoms with E-state index in [0.717, 1.165) is 0 Å². The SMILES string of the molecule is CCOC(=O)Cc1c(C(Cl)(Cl)Cl)[nH]c(C(=O)c2ccccc2Cl)c1C. The Hall–Kier alpha value is -1.20. The fourth-order valence-electron chi connectivity index (χ4n) is 2.46. The number of rotatable bonds is 5. The number of hydrogen-bond acceptors (Lipinski definition) is 3. The number of ketones is 1. The Bertz CT molecular complexity index is 809. The summed E-state index contributed by atoms with van der Waals surface area (Å²) < 4.78 is 3.13. The third-order valence-corrected chi connectivity index (χ3v) is 4.53. The van der Waals surface area contributed by atoms with E-state index in [4.69, 9.17) is 51.1 Å². The summed E-state index contributed by atoms with van der Waals surface area (Å²) in [5.41, 5.74) is 1.63. The van der Waals surface area contributed by atoms with Gasteiger partial charge in [0.1, 0.15) is 0 Å². The highest BCUT2D eigenvalue weighted by Crippen LogP contribution is 2.41. The molecule has 1 aromatic carbocycles. The fraction of sp³-hybridized carbons (Fsp3) is 0.294. The van der Waals surface area contributed by atoms with Crippen molar-refractivity contribution in [3.8, 4) is 0 Å². The number of benzene rings is 1. The van der Waals surface area contributed by atoms with Gasteiger partial charge in [-0.3, -0.25) is 9.59 Å². The minimum Gasteiger partial charge on any atom is -0.466 e. The van der Waals surface area contributed by atoms with Crippen LogP contribution in [0.5, 0.6) is 0 Å². The Morgan fingerprint density at radius 1 is 1.20 bits per heavy atom. The van der Waals surface area contributed by atoms with Crippen molar-refractivity contribution in [2.45, 2.75) is 24.1 Å².